The summed E-state index contributed by atoms with van der Waals surface area (Å²) in [6.07, 6.45) is 2.59. The highest BCUT2D eigenvalue weighted by molar-refractivity contribution is 6.07. The quantitative estimate of drug-likeness (QED) is 0.853. The van der Waals surface area contributed by atoms with Crippen LogP contribution in [-0.4, -0.2) is 28.0 Å². The van der Waals surface area contributed by atoms with E-state index in [4.69, 9.17) is 0 Å². The minimum atomic E-state index is -1.00. The normalized spacial score (nSPS) is 15.5. The van der Waals surface area contributed by atoms with Crippen molar-refractivity contribution < 1.29 is 14.7 Å². The average Bonchev–Trinajstić information content (AvgIpc) is 3.37. The molecule has 126 valence electrons. The van der Waals surface area contributed by atoms with Crippen molar-refractivity contribution in [2.75, 3.05) is 0 Å². The van der Waals surface area contributed by atoms with Crippen LogP contribution in [0.2, 0.25) is 0 Å². The van der Waals surface area contributed by atoms with Gasteiger partial charge in [-0.25, -0.2) is 4.79 Å². The number of amides is 1. The molecule has 1 saturated carbocycles. The van der Waals surface area contributed by atoms with Crippen LogP contribution >= 0.6 is 0 Å². The van der Waals surface area contributed by atoms with Gasteiger partial charge in [0.05, 0.1) is 11.1 Å². The number of benzene rings is 1. The molecule has 3 rings (SSSR count). The lowest BCUT2D eigenvalue weighted by Gasteiger charge is -2.17. The zero-order chi connectivity index (χ0) is 17.3. The number of carboxylic acids is 1. The fraction of sp³-hybridized carbons (Fsp3) is 0.421. The van der Waals surface area contributed by atoms with E-state index in [9.17, 15) is 14.7 Å². The Morgan fingerprint density at radius 1 is 1.29 bits per heavy atom. The molecule has 2 aromatic rings. The number of para-hydroxylation sites is 1. The Hall–Kier alpha value is -2.43. The molecule has 0 saturated heterocycles. The van der Waals surface area contributed by atoms with E-state index in [0.717, 1.165) is 29.4 Å². The average molecular weight is 326 g/mol. The monoisotopic (exact) mass is 326 g/mol. The molecule has 1 heterocycles. The van der Waals surface area contributed by atoms with Crippen molar-refractivity contribution in [1.82, 2.24) is 10.3 Å². The summed E-state index contributed by atoms with van der Waals surface area (Å²) in [4.78, 5) is 28.8. The first-order valence-corrected chi connectivity index (χ1v) is 8.39. The second kappa shape index (κ2) is 6.59. The SMILES string of the molecule is CC(C)C[C@H](NC(=O)c1cc(C2CC2)nc2ccccc12)C(=O)O. The molecular weight excluding hydrogens is 304 g/mol. The van der Waals surface area contributed by atoms with E-state index >= 15 is 0 Å². The van der Waals surface area contributed by atoms with Crippen LogP contribution in [0.3, 0.4) is 0 Å². The highest BCUT2D eigenvalue weighted by atomic mass is 16.4. The summed E-state index contributed by atoms with van der Waals surface area (Å²) >= 11 is 0. The number of pyridine rings is 1. The van der Waals surface area contributed by atoms with Crippen LogP contribution in [0.5, 0.6) is 0 Å². The second-order valence-electron chi connectivity index (χ2n) is 6.88. The Morgan fingerprint density at radius 3 is 2.62 bits per heavy atom. The highest BCUT2D eigenvalue weighted by Gasteiger charge is 2.28. The van der Waals surface area contributed by atoms with Gasteiger partial charge in [0.2, 0.25) is 0 Å². The lowest BCUT2D eigenvalue weighted by molar-refractivity contribution is -0.139. The Labute approximate surface area is 141 Å². The van der Waals surface area contributed by atoms with Gasteiger partial charge in [-0.3, -0.25) is 9.78 Å². The Bertz CT molecular complexity index is 781. The van der Waals surface area contributed by atoms with Crippen molar-refractivity contribution in [2.45, 2.75) is 45.1 Å². The van der Waals surface area contributed by atoms with Crippen molar-refractivity contribution in [3.8, 4) is 0 Å². The third-order valence-electron chi connectivity index (χ3n) is 4.29. The van der Waals surface area contributed by atoms with E-state index in [2.05, 4.69) is 10.3 Å². The summed E-state index contributed by atoms with van der Waals surface area (Å²) in [6, 6.07) is 8.44. The second-order valence-corrected chi connectivity index (χ2v) is 6.88. The smallest absolute Gasteiger partial charge is 0.326 e. The molecular formula is C19H22N2O3. The third-order valence-corrected chi connectivity index (χ3v) is 4.29. The molecule has 1 aromatic carbocycles. The van der Waals surface area contributed by atoms with Crippen molar-refractivity contribution in [1.29, 1.82) is 0 Å². The van der Waals surface area contributed by atoms with Crippen LogP contribution in [0.4, 0.5) is 0 Å². The number of aliphatic carboxylic acids is 1. The summed E-state index contributed by atoms with van der Waals surface area (Å²) in [5.41, 5.74) is 2.22. The number of aromatic nitrogens is 1. The van der Waals surface area contributed by atoms with Crippen molar-refractivity contribution in [3.05, 3.63) is 41.6 Å². The number of nitrogens with one attached hydrogen (secondary N) is 1. The predicted molar refractivity (Wildman–Crippen MR) is 92.1 cm³/mol. The number of carboxylic acid groups (broad SMARTS) is 1. The van der Waals surface area contributed by atoms with Gasteiger partial charge in [0, 0.05) is 17.0 Å². The number of rotatable bonds is 6. The van der Waals surface area contributed by atoms with Gasteiger partial charge in [-0.1, -0.05) is 32.0 Å². The topological polar surface area (TPSA) is 79.3 Å². The van der Waals surface area contributed by atoms with Gasteiger partial charge >= 0.3 is 5.97 Å². The van der Waals surface area contributed by atoms with Gasteiger partial charge < -0.3 is 10.4 Å². The summed E-state index contributed by atoms with van der Waals surface area (Å²) in [5.74, 6) is -0.740. The van der Waals surface area contributed by atoms with Gasteiger partial charge in [-0.15, -0.1) is 0 Å². The van der Waals surface area contributed by atoms with E-state index in [0.29, 0.717) is 17.9 Å². The number of nitrogens with zero attached hydrogens (tertiary/aromatic N) is 1. The maximum Gasteiger partial charge on any atom is 0.326 e. The standard InChI is InChI=1S/C19H22N2O3/c1-11(2)9-17(19(23)24)21-18(22)14-10-16(12-7-8-12)20-15-6-4-3-5-13(14)15/h3-6,10-12,17H,7-9H2,1-2H3,(H,21,22)(H,23,24)/t17-/m0/s1. The Morgan fingerprint density at radius 2 is 2.00 bits per heavy atom. The van der Waals surface area contributed by atoms with E-state index in [1.807, 2.05) is 44.2 Å². The molecule has 1 fully saturated rings. The first-order valence-electron chi connectivity index (χ1n) is 8.39. The van der Waals surface area contributed by atoms with Gasteiger partial charge in [-0.2, -0.15) is 0 Å². The molecule has 0 unspecified atom stereocenters. The lowest BCUT2D eigenvalue weighted by Crippen LogP contribution is -2.41. The number of hydrogen-bond acceptors (Lipinski definition) is 3. The number of carbonyl (C=O) groups excluding carboxylic acids is 1. The minimum absolute atomic E-state index is 0.183. The number of fused-ring (bicyclic) bond motifs is 1. The van der Waals surface area contributed by atoms with Crippen LogP contribution in [0.1, 0.15) is 55.1 Å². The molecule has 2 N–H and O–H groups in total. The molecule has 1 aliphatic rings. The molecule has 24 heavy (non-hydrogen) atoms. The highest BCUT2D eigenvalue weighted by Crippen LogP contribution is 2.40. The fourth-order valence-corrected chi connectivity index (χ4v) is 2.90. The van der Waals surface area contributed by atoms with E-state index in [-0.39, 0.29) is 11.8 Å². The molecule has 0 spiro atoms. The van der Waals surface area contributed by atoms with Crippen LogP contribution in [0.25, 0.3) is 10.9 Å². The van der Waals surface area contributed by atoms with Gasteiger partial charge in [0.25, 0.3) is 5.91 Å². The van der Waals surface area contributed by atoms with Crippen molar-refractivity contribution in [2.24, 2.45) is 5.92 Å². The largest absolute Gasteiger partial charge is 0.480 e. The zero-order valence-corrected chi connectivity index (χ0v) is 14.0. The van der Waals surface area contributed by atoms with E-state index in [1.54, 1.807) is 0 Å². The predicted octanol–water partition coefficient (Wildman–Crippen LogP) is 3.34. The first-order chi connectivity index (χ1) is 11.5. The summed E-state index contributed by atoms with van der Waals surface area (Å²) in [6.45, 7) is 3.88. The zero-order valence-electron chi connectivity index (χ0n) is 14.0. The third kappa shape index (κ3) is 3.55. The molecule has 5 heteroatoms. The maximum atomic E-state index is 12.7. The van der Waals surface area contributed by atoms with Crippen molar-refractivity contribution >= 4 is 22.8 Å². The van der Waals surface area contributed by atoms with Crippen LogP contribution in [-0.2, 0) is 4.79 Å². The van der Waals surface area contributed by atoms with Gasteiger partial charge in [0.15, 0.2) is 0 Å². The Balaban J connectivity index is 1.94. The van der Waals surface area contributed by atoms with Gasteiger partial charge in [0.1, 0.15) is 6.04 Å². The fourth-order valence-electron chi connectivity index (χ4n) is 2.90. The lowest BCUT2D eigenvalue weighted by atomic mass is 10.0. The molecule has 0 aliphatic heterocycles. The number of hydrogen-bond donors (Lipinski definition) is 2. The molecule has 5 nitrogen and oxygen atoms in total. The minimum Gasteiger partial charge on any atom is -0.480 e. The molecule has 1 atom stereocenters. The van der Waals surface area contributed by atoms with Crippen LogP contribution in [0, 0.1) is 5.92 Å². The van der Waals surface area contributed by atoms with E-state index in [1.165, 1.54) is 0 Å². The van der Waals surface area contributed by atoms with E-state index < -0.39 is 12.0 Å². The van der Waals surface area contributed by atoms with Crippen molar-refractivity contribution in [3.63, 3.8) is 0 Å². The Kier molecular flexibility index (Phi) is 4.51. The summed E-state index contributed by atoms with van der Waals surface area (Å²) in [5, 5.41) is 12.8. The molecule has 1 aromatic heterocycles. The molecule has 0 radical (unpaired) electrons. The first kappa shape index (κ1) is 16.4. The van der Waals surface area contributed by atoms with Crippen LogP contribution in [0.15, 0.2) is 30.3 Å². The summed E-state index contributed by atoms with van der Waals surface area (Å²) < 4.78 is 0. The number of carbonyl (C=O) groups is 2. The molecule has 1 amide bonds. The van der Waals surface area contributed by atoms with Gasteiger partial charge in [-0.05, 0) is 37.3 Å². The maximum absolute atomic E-state index is 12.7. The molecule has 1 aliphatic carbocycles. The van der Waals surface area contributed by atoms with Crippen LogP contribution < -0.4 is 5.32 Å². The summed E-state index contributed by atoms with van der Waals surface area (Å²) in [7, 11) is 0. The molecule has 0 bridgehead atoms.